The second-order valence-corrected chi connectivity index (χ2v) is 10.8. The molecule has 1 aliphatic rings. The van der Waals surface area contributed by atoms with E-state index in [2.05, 4.69) is 9.97 Å². The van der Waals surface area contributed by atoms with Crippen molar-refractivity contribution < 1.29 is 17.9 Å². The van der Waals surface area contributed by atoms with E-state index in [1.807, 2.05) is 0 Å². The van der Waals surface area contributed by atoms with Crippen molar-refractivity contribution in [1.82, 2.24) is 19.2 Å². The molecule has 2 aromatic rings. The van der Waals surface area contributed by atoms with Crippen molar-refractivity contribution >= 4 is 27.1 Å². The van der Waals surface area contributed by atoms with Gasteiger partial charge in [0, 0.05) is 26.7 Å². The topological polar surface area (TPSA) is 133 Å². The largest absolute Gasteiger partial charge is 0.444 e. The summed E-state index contributed by atoms with van der Waals surface area (Å²) in [6.07, 6.45) is 1.02. The Hall–Kier alpha value is -2.66. The summed E-state index contributed by atoms with van der Waals surface area (Å²) in [5.41, 5.74) is -1.65. The summed E-state index contributed by atoms with van der Waals surface area (Å²) < 4.78 is 33.1. The van der Waals surface area contributed by atoms with Crippen molar-refractivity contribution in [3.05, 3.63) is 38.9 Å². The number of rotatable bonds is 4. The number of hydrogen-bond acceptors (Lipinski definition) is 6. The van der Waals surface area contributed by atoms with Crippen molar-refractivity contribution in [2.75, 3.05) is 26.7 Å². The van der Waals surface area contributed by atoms with Gasteiger partial charge in [-0.2, -0.15) is 4.31 Å². The van der Waals surface area contributed by atoms with E-state index in [9.17, 15) is 22.8 Å². The van der Waals surface area contributed by atoms with Gasteiger partial charge in [0.1, 0.15) is 5.60 Å². The maximum Gasteiger partial charge on any atom is 0.410 e. The van der Waals surface area contributed by atoms with Gasteiger partial charge in [-0.1, -0.05) is 0 Å². The molecule has 31 heavy (non-hydrogen) atoms. The van der Waals surface area contributed by atoms with Gasteiger partial charge in [0.05, 0.1) is 15.9 Å². The third-order valence-electron chi connectivity index (χ3n) is 5.05. The SMILES string of the molecule is CN(C[C@@H]1CCCN(S(=O)(=O)c2ccc3[nH]c(=O)c(=O)[nH]c3c2)C1)C(=O)OC(C)(C)C. The van der Waals surface area contributed by atoms with Crippen molar-refractivity contribution in [2.24, 2.45) is 5.92 Å². The first-order valence-corrected chi connectivity index (χ1v) is 11.5. The summed E-state index contributed by atoms with van der Waals surface area (Å²) in [6.45, 7) is 6.40. The number of H-pyrrole nitrogens is 2. The Morgan fingerprint density at radius 1 is 1.19 bits per heavy atom. The van der Waals surface area contributed by atoms with Crippen LogP contribution in [-0.4, -0.2) is 66.0 Å². The summed E-state index contributed by atoms with van der Waals surface area (Å²) in [4.78, 5) is 41.6. The number of nitrogens with one attached hydrogen (secondary N) is 2. The van der Waals surface area contributed by atoms with Crippen LogP contribution >= 0.6 is 0 Å². The van der Waals surface area contributed by atoms with Crippen LogP contribution in [0.4, 0.5) is 4.79 Å². The van der Waals surface area contributed by atoms with Gasteiger partial charge in [-0.15, -0.1) is 0 Å². The molecular weight excluding hydrogens is 424 g/mol. The highest BCUT2D eigenvalue weighted by Crippen LogP contribution is 2.25. The summed E-state index contributed by atoms with van der Waals surface area (Å²) in [5.74, 6) is -0.0299. The summed E-state index contributed by atoms with van der Waals surface area (Å²) in [7, 11) is -2.17. The fraction of sp³-hybridized carbons (Fsp3) is 0.550. The predicted molar refractivity (Wildman–Crippen MR) is 116 cm³/mol. The molecule has 1 amide bonds. The van der Waals surface area contributed by atoms with Crippen LogP contribution in [-0.2, 0) is 14.8 Å². The lowest BCUT2D eigenvalue weighted by atomic mass is 9.99. The molecule has 0 saturated carbocycles. The maximum absolute atomic E-state index is 13.2. The van der Waals surface area contributed by atoms with Crippen LogP contribution in [0.15, 0.2) is 32.7 Å². The average Bonchev–Trinajstić information content (AvgIpc) is 2.67. The van der Waals surface area contributed by atoms with E-state index < -0.39 is 32.8 Å². The molecule has 1 aliphatic heterocycles. The number of piperidine rings is 1. The Morgan fingerprint density at radius 2 is 1.84 bits per heavy atom. The molecule has 2 heterocycles. The van der Waals surface area contributed by atoms with Gasteiger partial charge in [0.2, 0.25) is 10.0 Å². The number of carbonyl (C=O) groups excluding carboxylic acids is 1. The van der Waals surface area contributed by atoms with Crippen molar-refractivity contribution in [2.45, 2.75) is 44.1 Å². The van der Waals surface area contributed by atoms with E-state index in [0.29, 0.717) is 25.0 Å². The molecule has 0 aliphatic carbocycles. The summed E-state index contributed by atoms with van der Waals surface area (Å²) in [6, 6.07) is 4.21. The van der Waals surface area contributed by atoms with E-state index >= 15 is 0 Å². The Morgan fingerprint density at radius 3 is 2.48 bits per heavy atom. The Labute approximate surface area is 180 Å². The number of sulfonamides is 1. The van der Waals surface area contributed by atoms with Crippen LogP contribution in [0.1, 0.15) is 33.6 Å². The Kier molecular flexibility index (Phi) is 6.28. The molecule has 2 N–H and O–H groups in total. The van der Waals surface area contributed by atoms with E-state index in [4.69, 9.17) is 4.74 Å². The van der Waals surface area contributed by atoms with Gasteiger partial charge in [0.25, 0.3) is 0 Å². The van der Waals surface area contributed by atoms with Crippen LogP contribution in [0.2, 0.25) is 0 Å². The minimum atomic E-state index is -3.81. The van der Waals surface area contributed by atoms with Crippen LogP contribution in [0.3, 0.4) is 0 Å². The van der Waals surface area contributed by atoms with Crippen molar-refractivity contribution in [3.8, 4) is 0 Å². The quantitative estimate of drug-likeness (QED) is 0.675. The third kappa shape index (κ3) is 5.34. The van der Waals surface area contributed by atoms with Gasteiger partial charge in [0.15, 0.2) is 0 Å². The lowest BCUT2D eigenvalue weighted by molar-refractivity contribution is 0.0258. The number of aromatic amines is 2. The molecule has 1 aromatic heterocycles. The number of hydrogen-bond donors (Lipinski definition) is 2. The number of nitrogens with zero attached hydrogens (tertiary/aromatic N) is 2. The summed E-state index contributed by atoms with van der Waals surface area (Å²) in [5, 5.41) is 0. The average molecular weight is 453 g/mol. The molecule has 1 atom stereocenters. The van der Waals surface area contributed by atoms with Gasteiger partial charge >= 0.3 is 17.2 Å². The second kappa shape index (κ2) is 8.46. The zero-order chi connectivity index (χ0) is 23.0. The second-order valence-electron chi connectivity index (χ2n) is 8.85. The molecular formula is C20H28N4O6S. The van der Waals surface area contributed by atoms with Crippen LogP contribution in [0, 0.1) is 5.92 Å². The number of fused-ring (bicyclic) bond motifs is 1. The number of carbonyl (C=O) groups is 1. The van der Waals surface area contributed by atoms with Gasteiger partial charge in [-0.05, 0) is 57.7 Å². The van der Waals surface area contributed by atoms with E-state index in [1.54, 1.807) is 27.8 Å². The highest BCUT2D eigenvalue weighted by Gasteiger charge is 2.32. The van der Waals surface area contributed by atoms with E-state index in [0.717, 1.165) is 6.42 Å². The maximum atomic E-state index is 13.2. The lowest BCUT2D eigenvalue weighted by Crippen LogP contribution is -2.44. The Bertz CT molecular complexity index is 1190. The van der Waals surface area contributed by atoms with Crippen molar-refractivity contribution in [1.29, 1.82) is 0 Å². The van der Waals surface area contributed by atoms with Gasteiger partial charge in [-0.25, -0.2) is 13.2 Å². The minimum Gasteiger partial charge on any atom is -0.444 e. The molecule has 11 heteroatoms. The van der Waals surface area contributed by atoms with Crippen LogP contribution in [0.5, 0.6) is 0 Å². The third-order valence-corrected chi connectivity index (χ3v) is 6.91. The smallest absolute Gasteiger partial charge is 0.410 e. The monoisotopic (exact) mass is 452 g/mol. The molecule has 1 saturated heterocycles. The van der Waals surface area contributed by atoms with E-state index in [1.165, 1.54) is 27.4 Å². The first-order valence-electron chi connectivity index (χ1n) is 10.1. The van der Waals surface area contributed by atoms with E-state index in [-0.39, 0.29) is 22.9 Å². The number of amides is 1. The fourth-order valence-electron chi connectivity index (χ4n) is 3.60. The van der Waals surface area contributed by atoms with Crippen LogP contribution < -0.4 is 11.1 Å². The zero-order valence-electron chi connectivity index (χ0n) is 18.1. The molecule has 170 valence electrons. The molecule has 1 fully saturated rings. The molecule has 0 bridgehead atoms. The molecule has 1 aromatic carbocycles. The number of benzene rings is 1. The van der Waals surface area contributed by atoms with Crippen molar-refractivity contribution in [3.63, 3.8) is 0 Å². The highest BCUT2D eigenvalue weighted by atomic mass is 32.2. The predicted octanol–water partition coefficient (Wildman–Crippen LogP) is 1.48. The van der Waals surface area contributed by atoms with Gasteiger partial charge in [-0.3, -0.25) is 9.59 Å². The molecule has 10 nitrogen and oxygen atoms in total. The molecule has 0 spiro atoms. The lowest BCUT2D eigenvalue weighted by Gasteiger charge is -2.34. The normalized spacial score (nSPS) is 18.1. The molecule has 3 rings (SSSR count). The number of aromatic nitrogens is 2. The minimum absolute atomic E-state index is 0.0299. The van der Waals surface area contributed by atoms with Gasteiger partial charge < -0.3 is 19.6 Å². The Balaban J connectivity index is 1.76. The summed E-state index contributed by atoms with van der Waals surface area (Å²) >= 11 is 0. The molecule has 0 radical (unpaired) electrons. The standard InChI is InChI=1S/C20H28N4O6S/c1-20(2,3)30-19(27)23(4)11-13-6-5-9-24(12-13)31(28,29)14-7-8-15-16(10-14)22-18(26)17(25)21-15/h7-8,10,13H,5-6,9,11-12H2,1-4H3,(H,21,25)(H,22,26)/t13-/m0/s1. The highest BCUT2D eigenvalue weighted by molar-refractivity contribution is 7.89. The first-order chi connectivity index (χ1) is 14.4. The van der Waals surface area contributed by atoms with Crippen LogP contribution in [0.25, 0.3) is 11.0 Å². The number of ether oxygens (including phenoxy) is 1. The fourth-order valence-corrected chi connectivity index (χ4v) is 5.18. The zero-order valence-corrected chi connectivity index (χ0v) is 18.9. The molecule has 0 unspecified atom stereocenters. The first kappa shape index (κ1) is 23.0.